The summed E-state index contributed by atoms with van der Waals surface area (Å²) in [5.41, 5.74) is -2.81. The molecule has 0 aliphatic heterocycles. The molecule has 0 aliphatic rings. The van der Waals surface area contributed by atoms with E-state index in [1.807, 2.05) is 0 Å². The van der Waals surface area contributed by atoms with Crippen LogP contribution in [0.1, 0.15) is 32.0 Å². The summed E-state index contributed by atoms with van der Waals surface area (Å²) in [7, 11) is 0. The Bertz CT molecular complexity index is 1210. The molecule has 2 heterocycles. The van der Waals surface area contributed by atoms with E-state index in [-0.39, 0.29) is 40.1 Å². The monoisotopic (exact) mass is 471 g/mol. The predicted octanol–water partition coefficient (Wildman–Crippen LogP) is 4.10. The van der Waals surface area contributed by atoms with Crippen LogP contribution in [0.3, 0.4) is 0 Å². The molecule has 3 rings (SSSR count). The minimum Gasteiger partial charge on any atom is -0.351 e. The van der Waals surface area contributed by atoms with Gasteiger partial charge in [0.15, 0.2) is 5.82 Å². The molecular weight excluding hydrogens is 454 g/mol. The second-order valence-corrected chi connectivity index (χ2v) is 8.33. The maximum Gasteiger partial charge on any atom is 0.433 e. The fourth-order valence-electron chi connectivity index (χ4n) is 2.68. The Morgan fingerprint density at radius 1 is 1.19 bits per heavy atom. The van der Waals surface area contributed by atoms with E-state index < -0.39 is 28.8 Å². The van der Waals surface area contributed by atoms with Crippen LogP contribution in [0.5, 0.6) is 0 Å². The molecule has 2 N–H and O–H groups in total. The highest BCUT2D eigenvalue weighted by Crippen LogP contribution is 2.31. The first-order valence-corrected chi connectivity index (χ1v) is 9.65. The Hall–Kier alpha value is -3.21. The first-order valence-electron chi connectivity index (χ1n) is 9.27. The smallest absolute Gasteiger partial charge is 0.351 e. The summed E-state index contributed by atoms with van der Waals surface area (Å²) < 4.78 is 54.0. The molecule has 0 radical (unpaired) electrons. The van der Waals surface area contributed by atoms with Crippen LogP contribution >= 0.6 is 11.6 Å². The number of hydrogen-bond donors (Lipinski definition) is 2. The maximum atomic E-state index is 15.1. The van der Waals surface area contributed by atoms with Gasteiger partial charge in [0.05, 0.1) is 22.5 Å². The Balaban J connectivity index is 1.95. The number of pyridine rings is 1. The van der Waals surface area contributed by atoms with Crippen molar-refractivity contribution >= 4 is 17.5 Å². The van der Waals surface area contributed by atoms with Crippen molar-refractivity contribution in [2.24, 2.45) is 5.41 Å². The number of benzene rings is 1. The Morgan fingerprint density at radius 2 is 1.88 bits per heavy atom. The molecule has 2 aromatic heterocycles. The lowest BCUT2D eigenvalue weighted by atomic mass is 9.95. The zero-order chi connectivity index (χ0) is 23.8. The highest BCUT2D eigenvalue weighted by molar-refractivity contribution is 6.33. The number of aromatic nitrogens is 4. The molecule has 0 spiro atoms. The first-order chi connectivity index (χ1) is 14.8. The summed E-state index contributed by atoms with van der Waals surface area (Å²) in [6.45, 7) is 5.00. The van der Waals surface area contributed by atoms with E-state index in [2.05, 4.69) is 20.4 Å². The fraction of sp³-hybridized carbons (Fsp3) is 0.300. The van der Waals surface area contributed by atoms with Crippen LogP contribution in [0.4, 0.5) is 17.6 Å². The number of rotatable bonds is 4. The van der Waals surface area contributed by atoms with Crippen molar-refractivity contribution in [1.82, 2.24) is 25.1 Å². The predicted molar refractivity (Wildman–Crippen MR) is 109 cm³/mol. The van der Waals surface area contributed by atoms with Gasteiger partial charge in [-0.1, -0.05) is 38.4 Å². The number of alkyl halides is 3. The summed E-state index contributed by atoms with van der Waals surface area (Å²) in [5, 5.41) is 6.52. The van der Waals surface area contributed by atoms with Gasteiger partial charge in [-0.2, -0.15) is 17.9 Å². The lowest BCUT2D eigenvalue weighted by Crippen LogP contribution is -2.34. The maximum absolute atomic E-state index is 15.1. The normalized spacial score (nSPS) is 12.1. The molecule has 32 heavy (non-hydrogen) atoms. The van der Waals surface area contributed by atoms with Crippen molar-refractivity contribution in [2.45, 2.75) is 33.5 Å². The first kappa shape index (κ1) is 23.5. The van der Waals surface area contributed by atoms with Gasteiger partial charge < -0.3 is 5.32 Å². The summed E-state index contributed by atoms with van der Waals surface area (Å²) in [5.74, 6) is -1.33. The highest BCUT2D eigenvalue weighted by atomic mass is 35.5. The third-order valence-electron chi connectivity index (χ3n) is 4.43. The van der Waals surface area contributed by atoms with Gasteiger partial charge in [-0.25, -0.2) is 14.2 Å². The quantitative estimate of drug-likeness (QED) is 0.560. The van der Waals surface area contributed by atoms with Crippen molar-refractivity contribution < 1.29 is 22.4 Å². The molecule has 1 amide bonds. The van der Waals surface area contributed by atoms with E-state index in [0.717, 1.165) is 16.9 Å². The number of carbonyl (C=O) groups excluding carboxylic acids is 1. The van der Waals surface area contributed by atoms with Crippen LogP contribution < -0.4 is 11.0 Å². The number of nitrogens with zero attached hydrogens (tertiary/aromatic N) is 3. The van der Waals surface area contributed by atoms with E-state index in [4.69, 9.17) is 11.6 Å². The molecule has 0 fully saturated rings. The SMILES string of the molecule is CC(C)(C)C(=O)NCc1ccc(Cl)c(-c2nn(-c3ccc(C(F)(F)F)nc3)c(=O)[nH]2)c1F. The van der Waals surface area contributed by atoms with Crippen LogP contribution in [0.15, 0.2) is 35.3 Å². The summed E-state index contributed by atoms with van der Waals surface area (Å²) in [6.07, 6.45) is -3.81. The zero-order valence-corrected chi connectivity index (χ0v) is 17.9. The molecule has 0 saturated carbocycles. The molecular formula is C20H18ClF4N5O2. The molecule has 3 aromatic rings. The van der Waals surface area contributed by atoms with Gasteiger partial charge in [0, 0.05) is 17.5 Å². The van der Waals surface area contributed by atoms with E-state index in [1.54, 1.807) is 20.8 Å². The molecule has 170 valence electrons. The molecule has 0 aliphatic carbocycles. The van der Waals surface area contributed by atoms with Gasteiger partial charge in [-0.3, -0.25) is 9.78 Å². The average Bonchev–Trinajstić information content (AvgIpc) is 3.07. The van der Waals surface area contributed by atoms with Crippen LogP contribution in [0.25, 0.3) is 17.1 Å². The van der Waals surface area contributed by atoms with Crippen LogP contribution in [-0.4, -0.2) is 25.7 Å². The second-order valence-electron chi connectivity index (χ2n) is 7.92. The molecule has 7 nitrogen and oxygen atoms in total. The second kappa shape index (κ2) is 8.38. The van der Waals surface area contributed by atoms with Crippen molar-refractivity contribution in [3.63, 3.8) is 0 Å². The number of nitrogens with one attached hydrogen (secondary N) is 2. The zero-order valence-electron chi connectivity index (χ0n) is 17.1. The van der Waals surface area contributed by atoms with Crippen molar-refractivity contribution in [1.29, 1.82) is 0 Å². The summed E-state index contributed by atoms with van der Waals surface area (Å²) in [4.78, 5) is 30.0. The van der Waals surface area contributed by atoms with E-state index in [0.29, 0.717) is 6.07 Å². The number of carbonyl (C=O) groups is 1. The lowest BCUT2D eigenvalue weighted by molar-refractivity contribution is -0.141. The van der Waals surface area contributed by atoms with Crippen molar-refractivity contribution in [2.75, 3.05) is 0 Å². The van der Waals surface area contributed by atoms with Crippen LogP contribution in [-0.2, 0) is 17.5 Å². The summed E-state index contributed by atoms with van der Waals surface area (Å²) >= 11 is 6.11. The molecule has 12 heteroatoms. The van der Waals surface area contributed by atoms with Crippen LogP contribution in [0.2, 0.25) is 5.02 Å². The van der Waals surface area contributed by atoms with Gasteiger partial charge in [0.2, 0.25) is 5.91 Å². The third-order valence-corrected chi connectivity index (χ3v) is 4.74. The van der Waals surface area contributed by atoms with Gasteiger partial charge in [-0.15, -0.1) is 5.10 Å². The Morgan fingerprint density at radius 3 is 2.44 bits per heavy atom. The standard InChI is InChI=1S/C20H18ClF4N5O2/c1-19(2,3)17(31)27-8-10-4-6-12(21)14(15(10)22)16-28-18(32)30(29-16)11-5-7-13(26-9-11)20(23,24)25/h4-7,9H,8H2,1-3H3,(H,27,31)(H,28,29,32). The topological polar surface area (TPSA) is 92.7 Å². The number of aromatic amines is 1. The Labute approximate surface area is 184 Å². The average molecular weight is 472 g/mol. The van der Waals surface area contributed by atoms with Gasteiger partial charge in [0.25, 0.3) is 0 Å². The molecule has 0 unspecified atom stereocenters. The summed E-state index contributed by atoms with van der Waals surface area (Å²) in [6, 6.07) is 4.48. The minimum atomic E-state index is -4.64. The lowest BCUT2D eigenvalue weighted by Gasteiger charge is -2.18. The number of H-pyrrole nitrogens is 1. The number of amides is 1. The highest BCUT2D eigenvalue weighted by Gasteiger charge is 2.32. The Kier molecular flexibility index (Phi) is 6.14. The van der Waals surface area contributed by atoms with Gasteiger partial charge in [0.1, 0.15) is 11.5 Å². The van der Waals surface area contributed by atoms with Crippen LogP contribution in [0, 0.1) is 11.2 Å². The number of hydrogen-bond acceptors (Lipinski definition) is 4. The molecule has 0 atom stereocenters. The van der Waals surface area contributed by atoms with E-state index in [9.17, 15) is 22.8 Å². The minimum absolute atomic E-state index is 0.0557. The van der Waals surface area contributed by atoms with Gasteiger partial charge >= 0.3 is 11.9 Å². The van der Waals surface area contributed by atoms with Crippen molar-refractivity contribution in [3.8, 4) is 17.1 Å². The molecule has 1 aromatic carbocycles. The largest absolute Gasteiger partial charge is 0.433 e. The third kappa shape index (κ3) is 4.82. The molecule has 0 bridgehead atoms. The fourth-order valence-corrected chi connectivity index (χ4v) is 2.92. The molecule has 0 saturated heterocycles. The number of halogens is 5. The van der Waals surface area contributed by atoms with E-state index >= 15 is 4.39 Å². The van der Waals surface area contributed by atoms with Gasteiger partial charge in [-0.05, 0) is 18.2 Å². The van der Waals surface area contributed by atoms with Crippen molar-refractivity contribution in [3.05, 3.63) is 63.0 Å². The van der Waals surface area contributed by atoms with E-state index in [1.165, 1.54) is 12.1 Å².